The van der Waals surface area contributed by atoms with E-state index < -0.39 is 5.25 Å². The van der Waals surface area contributed by atoms with Gasteiger partial charge in [-0.3, -0.25) is 9.59 Å². The predicted molar refractivity (Wildman–Crippen MR) is 102 cm³/mol. The first-order valence-electron chi connectivity index (χ1n) is 8.49. The van der Waals surface area contributed by atoms with Crippen LogP contribution in [0.4, 0.5) is 5.69 Å². The lowest BCUT2D eigenvalue weighted by molar-refractivity contribution is -0.121. The van der Waals surface area contributed by atoms with Crippen molar-refractivity contribution < 1.29 is 9.59 Å². The average Bonchev–Trinajstić information content (AvgIpc) is 3.23. The Hall–Kier alpha value is -3.00. The molecule has 136 valence electrons. The molecule has 3 aromatic rings. The summed E-state index contributed by atoms with van der Waals surface area (Å²) in [6.45, 7) is 3.96. The van der Waals surface area contributed by atoms with Crippen molar-refractivity contribution in [2.45, 2.75) is 30.7 Å². The Balaban J connectivity index is 1.59. The maximum atomic E-state index is 12.9. The minimum absolute atomic E-state index is 0.123. The van der Waals surface area contributed by atoms with Crippen LogP contribution in [-0.2, 0) is 9.59 Å². The van der Waals surface area contributed by atoms with Gasteiger partial charge in [-0.2, -0.15) is 4.68 Å². The largest absolute Gasteiger partial charge is 0.274 e. The summed E-state index contributed by atoms with van der Waals surface area (Å²) in [4.78, 5) is 26.7. The normalized spacial score (nSPS) is 17.0. The number of thioether (sulfide) groups is 1. The molecule has 1 saturated heterocycles. The smallest absolute Gasteiger partial charge is 0.247 e. The first-order valence-corrected chi connectivity index (χ1v) is 9.37. The summed E-state index contributed by atoms with van der Waals surface area (Å²) in [7, 11) is 0. The Morgan fingerprint density at radius 2 is 1.78 bits per heavy atom. The van der Waals surface area contributed by atoms with Gasteiger partial charge in [0.1, 0.15) is 5.25 Å². The molecule has 27 heavy (non-hydrogen) atoms. The van der Waals surface area contributed by atoms with Gasteiger partial charge >= 0.3 is 0 Å². The van der Waals surface area contributed by atoms with Crippen molar-refractivity contribution in [3.05, 3.63) is 59.7 Å². The fourth-order valence-electron chi connectivity index (χ4n) is 2.94. The van der Waals surface area contributed by atoms with Gasteiger partial charge in [-0.05, 0) is 59.7 Å². The number of benzene rings is 2. The van der Waals surface area contributed by atoms with Crippen molar-refractivity contribution in [3.8, 4) is 5.69 Å². The van der Waals surface area contributed by atoms with Gasteiger partial charge in [-0.25, -0.2) is 4.90 Å². The molecule has 0 bridgehead atoms. The molecule has 7 nitrogen and oxygen atoms in total. The molecule has 0 radical (unpaired) electrons. The van der Waals surface area contributed by atoms with E-state index in [1.807, 2.05) is 56.3 Å². The molecule has 2 amide bonds. The summed E-state index contributed by atoms with van der Waals surface area (Å²) in [5.41, 5.74) is 3.56. The number of para-hydroxylation sites is 1. The van der Waals surface area contributed by atoms with E-state index in [-0.39, 0.29) is 18.2 Å². The lowest BCUT2D eigenvalue weighted by Gasteiger charge is -2.16. The van der Waals surface area contributed by atoms with Crippen LogP contribution < -0.4 is 4.90 Å². The third-order valence-corrected chi connectivity index (χ3v) is 5.66. The Bertz CT molecular complexity index is 1020. The number of tetrazole rings is 1. The first kappa shape index (κ1) is 17.4. The zero-order valence-corrected chi connectivity index (χ0v) is 15.7. The molecule has 1 aliphatic heterocycles. The number of aromatic nitrogens is 4. The van der Waals surface area contributed by atoms with E-state index in [4.69, 9.17) is 0 Å². The van der Waals surface area contributed by atoms with Gasteiger partial charge in [-0.15, -0.1) is 5.10 Å². The Morgan fingerprint density at radius 1 is 1.00 bits per heavy atom. The molecule has 2 aromatic carbocycles. The van der Waals surface area contributed by atoms with Gasteiger partial charge in [0.15, 0.2) is 0 Å². The van der Waals surface area contributed by atoms with Crippen LogP contribution >= 0.6 is 11.8 Å². The van der Waals surface area contributed by atoms with Crippen LogP contribution in [0.3, 0.4) is 0 Å². The second kappa shape index (κ2) is 6.96. The van der Waals surface area contributed by atoms with Crippen molar-refractivity contribution >= 4 is 29.3 Å². The number of amides is 2. The fourth-order valence-corrected chi connectivity index (χ4v) is 3.96. The maximum Gasteiger partial charge on any atom is 0.247 e. The highest BCUT2D eigenvalue weighted by atomic mass is 32.2. The molecule has 2 heterocycles. The van der Waals surface area contributed by atoms with Crippen LogP contribution in [0.25, 0.3) is 5.69 Å². The van der Waals surface area contributed by atoms with Crippen molar-refractivity contribution in [2.75, 3.05) is 4.90 Å². The van der Waals surface area contributed by atoms with Crippen LogP contribution in [0.2, 0.25) is 0 Å². The second-order valence-electron chi connectivity index (χ2n) is 6.36. The number of carbonyl (C=O) groups excluding carboxylic acids is 2. The lowest BCUT2D eigenvalue weighted by Crippen LogP contribution is -2.31. The molecular formula is C19H17N5O2S. The fraction of sp³-hybridized carbons (Fsp3) is 0.211. The third kappa shape index (κ3) is 3.23. The van der Waals surface area contributed by atoms with Crippen molar-refractivity contribution in [1.82, 2.24) is 20.2 Å². The number of rotatable bonds is 4. The van der Waals surface area contributed by atoms with Gasteiger partial charge in [0.2, 0.25) is 17.0 Å². The van der Waals surface area contributed by atoms with Gasteiger partial charge in [0, 0.05) is 6.42 Å². The van der Waals surface area contributed by atoms with Crippen LogP contribution in [0, 0.1) is 13.8 Å². The number of aryl methyl sites for hydroxylation is 2. The number of hydrogen-bond acceptors (Lipinski definition) is 6. The standard InChI is InChI=1S/C19H17N5O2S/c1-12-8-9-15(10-13(12)2)23-17(25)11-16(18(23)26)27-19-20-21-22-24(19)14-6-4-3-5-7-14/h3-10,16H,11H2,1-2H3/t16-/m1/s1. The number of imide groups is 1. The Morgan fingerprint density at radius 3 is 2.52 bits per heavy atom. The number of nitrogens with zero attached hydrogens (tertiary/aromatic N) is 5. The molecule has 0 aliphatic carbocycles. The maximum absolute atomic E-state index is 12.9. The summed E-state index contributed by atoms with van der Waals surface area (Å²) in [5, 5.41) is 11.7. The molecule has 1 fully saturated rings. The van der Waals surface area contributed by atoms with E-state index >= 15 is 0 Å². The summed E-state index contributed by atoms with van der Waals surface area (Å²) < 4.78 is 1.57. The number of carbonyl (C=O) groups is 2. The van der Waals surface area contributed by atoms with Gasteiger partial charge in [0.25, 0.3) is 0 Å². The van der Waals surface area contributed by atoms with Gasteiger partial charge < -0.3 is 0 Å². The zero-order chi connectivity index (χ0) is 19.0. The highest BCUT2D eigenvalue weighted by Crippen LogP contribution is 2.34. The third-order valence-electron chi connectivity index (χ3n) is 4.54. The second-order valence-corrected chi connectivity index (χ2v) is 7.53. The Kier molecular flexibility index (Phi) is 4.49. The molecule has 1 atom stereocenters. The van der Waals surface area contributed by atoms with Crippen molar-refractivity contribution in [3.63, 3.8) is 0 Å². The van der Waals surface area contributed by atoms with Crippen molar-refractivity contribution in [1.29, 1.82) is 0 Å². The summed E-state index contributed by atoms with van der Waals surface area (Å²) in [6, 6.07) is 15.0. The van der Waals surface area contributed by atoms with Crippen LogP contribution in [0.5, 0.6) is 0 Å². The molecule has 0 unspecified atom stereocenters. The minimum atomic E-state index is -0.549. The number of anilines is 1. The number of hydrogen-bond donors (Lipinski definition) is 0. The molecule has 0 N–H and O–H groups in total. The highest BCUT2D eigenvalue weighted by Gasteiger charge is 2.41. The van der Waals surface area contributed by atoms with E-state index in [2.05, 4.69) is 15.5 Å². The van der Waals surface area contributed by atoms with E-state index in [9.17, 15) is 9.59 Å². The van der Waals surface area contributed by atoms with Gasteiger partial charge in [0.05, 0.1) is 11.4 Å². The first-order chi connectivity index (χ1) is 13.0. The topological polar surface area (TPSA) is 81.0 Å². The van der Waals surface area contributed by atoms with E-state index in [0.717, 1.165) is 16.8 Å². The highest BCUT2D eigenvalue weighted by molar-refractivity contribution is 8.00. The van der Waals surface area contributed by atoms with Crippen molar-refractivity contribution in [2.24, 2.45) is 0 Å². The lowest BCUT2D eigenvalue weighted by atomic mass is 10.1. The molecule has 8 heteroatoms. The molecule has 4 rings (SSSR count). The van der Waals surface area contributed by atoms with Crippen LogP contribution in [-0.4, -0.2) is 37.3 Å². The van der Waals surface area contributed by atoms with Crippen LogP contribution in [0.15, 0.2) is 53.7 Å². The van der Waals surface area contributed by atoms with Crippen LogP contribution in [0.1, 0.15) is 17.5 Å². The molecule has 0 spiro atoms. The Labute approximate surface area is 160 Å². The van der Waals surface area contributed by atoms with Gasteiger partial charge in [-0.1, -0.05) is 36.0 Å². The molecular weight excluding hydrogens is 362 g/mol. The average molecular weight is 379 g/mol. The summed E-state index contributed by atoms with van der Waals surface area (Å²) in [6.07, 6.45) is 0.123. The molecule has 1 aromatic heterocycles. The zero-order valence-electron chi connectivity index (χ0n) is 14.9. The monoisotopic (exact) mass is 379 g/mol. The predicted octanol–water partition coefficient (Wildman–Crippen LogP) is 2.70. The quantitative estimate of drug-likeness (QED) is 0.649. The van der Waals surface area contributed by atoms with E-state index in [1.165, 1.54) is 16.7 Å². The van der Waals surface area contributed by atoms with E-state index in [0.29, 0.717) is 10.8 Å². The SMILES string of the molecule is Cc1ccc(N2C(=O)C[C@@H](Sc3nnnn3-c3ccccc3)C2=O)cc1C. The summed E-state index contributed by atoms with van der Waals surface area (Å²) >= 11 is 1.21. The summed E-state index contributed by atoms with van der Waals surface area (Å²) in [5.74, 6) is -0.449. The van der Waals surface area contributed by atoms with E-state index in [1.54, 1.807) is 10.7 Å². The molecule has 0 saturated carbocycles. The molecule has 1 aliphatic rings. The minimum Gasteiger partial charge on any atom is -0.274 e.